The molecule has 0 saturated heterocycles. The van der Waals surface area contributed by atoms with E-state index in [0.717, 1.165) is 5.56 Å². The van der Waals surface area contributed by atoms with Crippen molar-refractivity contribution < 1.29 is 8.42 Å². The van der Waals surface area contributed by atoms with Gasteiger partial charge in [0.25, 0.3) is 0 Å². The fourth-order valence-electron chi connectivity index (χ4n) is 2.23. The molecular weight excluding hydrogens is 355 g/mol. The molecule has 0 saturated carbocycles. The minimum absolute atomic E-state index is 0.0164. The summed E-state index contributed by atoms with van der Waals surface area (Å²) >= 11 is 11.9. The molecule has 0 spiro atoms. The first-order valence-electron chi connectivity index (χ1n) is 6.98. The summed E-state index contributed by atoms with van der Waals surface area (Å²) < 4.78 is 27.6. The van der Waals surface area contributed by atoms with Crippen LogP contribution in [0, 0.1) is 0 Å². The molecule has 0 aromatic heterocycles. The summed E-state index contributed by atoms with van der Waals surface area (Å²) in [5.41, 5.74) is 1.03. The van der Waals surface area contributed by atoms with Crippen LogP contribution in [0.2, 0.25) is 10.0 Å². The summed E-state index contributed by atoms with van der Waals surface area (Å²) in [5.74, 6) is 0. The molecular formula is C16H18Cl2N2O2S. The van der Waals surface area contributed by atoms with Crippen LogP contribution in [0.3, 0.4) is 0 Å². The minimum Gasteiger partial charge on any atom is -0.301 e. The first kappa shape index (κ1) is 18.2. The average molecular weight is 373 g/mol. The predicted octanol–water partition coefficient (Wildman–Crippen LogP) is 3.57. The lowest BCUT2D eigenvalue weighted by Crippen LogP contribution is -2.34. The lowest BCUT2D eigenvalue weighted by atomic mass is 10.1. The third-order valence-corrected chi connectivity index (χ3v) is 5.88. The van der Waals surface area contributed by atoms with Crippen molar-refractivity contribution in [2.24, 2.45) is 0 Å². The highest BCUT2D eigenvalue weighted by Gasteiger charge is 2.22. The smallest absolute Gasteiger partial charge is 0.242 e. The first-order valence-corrected chi connectivity index (χ1v) is 9.22. The normalized spacial score (nSPS) is 13.3. The summed E-state index contributed by atoms with van der Waals surface area (Å²) in [6.07, 6.45) is 0. The average Bonchev–Trinajstić information content (AvgIpc) is 2.50. The first-order chi connectivity index (χ1) is 10.8. The van der Waals surface area contributed by atoms with Crippen molar-refractivity contribution in [3.63, 3.8) is 0 Å². The van der Waals surface area contributed by atoms with E-state index in [9.17, 15) is 8.42 Å². The van der Waals surface area contributed by atoms with Crippen molar-refractivity contribution in [1.29, 1.82) is 0 Å². The monoisotopic (exact) mass is 372 g/mol. The maximum Gasteiger partial charge on any atom is 0.242 e. The molecule has 0 fully saturated rings. The molecule has 0 aliphatic heterocycles. The van der Waals surface area contributed by atoms with E-state index >= 15 is 0 Å². The number of likely N-dealkylation sites (N-methyl/N-ethyl adjacent to an activating group) is 1. The van der Waals surface area contributed by atoms with Gasteiger partial charge in [-0.1, -0.05) is 59.6 Å². The largest absolute Gasteiger partial charge is 0.301 e. The summed E-state index contributed by atoms with van der Waals surface area (Å²) in [7, 11) is 0.0592. The van der Waals surface area contributed by atoms with E-state index in [-0.39, 0.29) is 27.5 Å². The third-order valence-electron chi connectivity index (χ3n) is 3.48. The number of nitrogens with one attached hydrogen (secondary N) is 1. The van der Waals surface area contributed by atoms with Gasteiger partial charge in [-0.05, 0) is 31.8 Å². The molecule has 2 aromatic rings. The van der Waals surface area contributed by atoms with Crippen LogP contribution >= 0.6 is 23.2 Å². The second kappa shape index (κ2) is 7.64. The lowest BCUT2D eigenvalue weighted by Gasteiger charge is -2.25. The van der Waals surface area contributed by atoms with Gasteiger partial charge in [0.15, 0.2) is 0 Å². The molecule has 4 nitrogen and oxygen atoms in total. The van der Waals surface area contributed by atoms with E-state index in [4.69, 9.17) is 23.2 Å². The molecule has 1 N–H and O–H groups in total. The number of hydrogen-bond acceptors (Lipinski definition) is 3. The molecule has 0 heterocycles. The van der Waals surface area contributed by atoms with Gasteiger partial charge in [0.2, 0.25) is 10.0 Å². The second-order valence-corrected chi connectivity index (χ2v) is 7.81. The van der Waals surface area contributed by atoms with E-state index < -0.39 is 10.0 Å². The zero-order chi connectivity index (χ0) is 17.0. The summed E-state index contributed by atoms with van der Waals surface area (Å²) in [6, 6.07) is 14.2. The number of rotatable bonds is 6. The summed E-state index contributed by atoms with van der Waals surface area (Å²) in [4.78, 5) is 1.94. The van der Waals surface area contributed by atoms with E-state index in [1.807, 2.05) is 49.3 Å². The van der Waals surface area contributed by atoms with Gasteiger partial charge in [-0.2, -0.15) is 0 Å². The van der Waals surface area contributed by atoms with Crippen molar-refractivity contribution in [2.75, 3.05) is 20.6 Å². The van der Waals surface area contributed by atoms with Crippen LogP contribution in [0.4, 0.5) is 0 Å². The molecule has 1 unspecified atom stereocenters. The predicted molar refractivity (Wildman–Crippen MR) is 94.5 cm³/mol. The van der Waals surface area contributed by atoms with Crippen molar-refractivity contribution in [3.8, 4) is 0 Å². The summed E-state index contributed by atoms with van der Waals surface area (Å²) in [5, 5.41) is 0.240. The Labute approximate surface area is 147 Å². The van der Waals surface area contributed by atoms with Crippen LogP contribution < -0.4 is 4.72 Å². The van der Waals surface area contributed by atoms with Gasteiger partial charge < -0.3 is 4.90 Å². The maximum absolute atomic E-state index is 12.5. The molecule has 124 valence electrons. The van der Waals surface area contributed by atoms with E-state index in [1.54, 1.807) is 12.1 Å². The Bertz CT molecular complexity index is 765. The Kier molecular flexibility index (Phi) is 6.06. The van der Waals surface area contributed by atoms with Gasteiger partial charge in [0.05, 0.1) is 10.0 Å². The zero-order valence-electron chi connectivity index (χ0n) is 12.8. The molecule has 7 heteroatoms. The Morgan fingerprint density at radius 3 is 2.30 bits per heavy atom. The van der Waals surface area contributed by atoms with E-state index in [1.165, 1.54) is 6.07 Å². The molecule has 0 radical (unpaired) electrons. The third kappa shape index (κ3) is 4.46. The fraction of sp³-hybridized carbons (Fsp3) is 0.250. The second-order valence-electron chi connectivity index (χ2n) is 5.29. The van der Waals surface area contributed by atoms with Crippen LogP contribution in [0.15, 0.2) is 53.4 Å². The van der Waals surface area contributed by atoms with Crippen LogP contribution in [-0.4, -0.2) is 34.0 Å². The Hall–Kier alpha value is -1.11. The Balaban J connectivity index is 2.22. The minimum atomic E-state index is -3.74. The van der Waals surface area contributed by atoms with Crippen molar-refractivity contribution in [1.82, 2.24) is 9.62 Å². The lowest BCUT2D eigenvalue weighted by molar-refractivity contribution is 0.299. The number of sulfonamides is 1. The molecule has 0 amide bonds. The maximum atomic E-state index is 12.5. The van der Waals surface area contributed by atoms with Crippen LogP contribution in [0.25, 0.3) is 0 Å². The van der Waals surface area contributed by atoms with E-state index in [2.05, 4.69) is 4.72 Å². The van der Waals surface area contributed by atoms with Gasteiger partial charge in [-0.3, -0.25) is 0 Å². The molecule has 2 rings (SSSR count). The van der Waals surface area contributed by atoms with Gasteiger partial charge in [0.1, 0.15) is 4.90 Å². The standard InChI is InChI=1S/C16H18Cl2N2O2S/c1-20(2)14(12-7-4-3-5-8-12)11-19-23(21,22)15-10-6-9-13(17)16(15)18/h3-10,14,19H,11H2,1-2H3. The van der Waals surface area contributed by atoms with Crippen molar-refractivity contribution in [3.05, 3.63) is 64.1 Å². The van der Waals surface area contributed by atoms with Gasteiger partial charge >= 0.3 is 0 Å². The van der Waals surface area contributed by atoms with Gasteiger partial charge in [-0.25, -0.2) is 13.1 Å². The number of benzene rings is 2. The zero-order valence-corrected chi connectivity index (χ0v) is 15.2. The van der Waals surface area contributed by atoms with Crippen molar-refractivity contribution >= 4 is 33.2 Å². The molecule has 0 bridgehead atoms. The molecule has 1 atom stereocenters. The Morgan fingerprint density at radius 1 is 1.04 bits per heavy atom. The van der Waals surface area contributed by atoms with Gasteiger partial charge in [-0.15, -0.1) is 0 Å². The Morgan fingerprint density at radius 2 is 1.70 bits per heavy atom. The highest BCUT2D eigenvalue weighted by molar-refractivity contribution is 7.89. The number of nitrogens with zero attached hydrogens (tertiary/aromatic N) is 1. The van der Waals surface area contributed by atoms with Gasteiger partial charge in [0, 0.05) is 12.6 Å². The van der Waals surface area contributed by atoms with Crippen LogP contribution in [-0.2, 0) is 10.0 Å². The van der Waals surface area contributed by atoms with E-state index in [0.29, 0.717) is 0 Å². The topological polar surface area (TPSA) is 49.4 Å². The fourth-order valence-corrected chi connectivity index (χ4v) is 4.03. The number of halogens is 2. The highest BCUT2D eigenvalue weighted by Crippen LogP contribution is 2.29. The van der Waals surface area contributed by atoms with Crippen LogP contribution in [0.5, 0.6) is 0 Å². The highest BCUT2D eigenvalue weighted by atomic mass is 35.5. The summed E-state index contributed by atoms with van der Waals surface area (Å²) in [6.45, 7) is 0.224. The van der Waals surface area contributed by atoms with Crippen molar-refractivity contribution in [2.45, 2.75) is 10.9 Å². The molecule has 23 heavy (non-hydrogen) atoms. The molecule has 0 aliphatic carbocycles. The molecule has 2 aromatic carbocycles. The SMILES string of the molecule is CN(C)C(CNS(=O)(=O)c1cccc(Cl)c1Cl)c1ccccc1. The quantitative estimate of drug-likeness (QED) is 0.842. The van der Waals surface area contributed by atoms with Crippen LogP contribution in [0.1, 0.15) is 11.6 Å². The number of hydrogen-bond donors (Lipinski definition) is 1. The molecule has 0 aliphatic rings.